The molecule has 1 N–H and O–H groups in total. The normalized spacial score (nSPS) is 14.9. The van der Waals surface area contributed by atoms with Crippen LogP contribution in [0.25, 0.3) is 0 Å². The predicted molar refractivity (Wildman–Crippen MR) is 120 cm³/mol. The molecule has 1 aliphatic heterocycles. The third-order valence-corrected chi connectivity index (χ3v) is 5.63. The molecule has 0 saturated carbocycles. The van der Waals surface area contributed by atoms with E-state index in [0.29, 0.717) is 12.4 Å². The zero-order valence-corrected chi connectivity index (χ0v) is 19.2. The number of anilines is 1. The minimum atomic E-state index is -0.0574. The van der Waals surface area contributed by atoms with E-state index in [1.165, 1.54) is 4.88 Å². The Morgan fingerprint density at radius 3 is 2.59 bits per heavy atom. The lowest BCUT2D eigenvalue weighted by molar-refractivity contribution is 0.370. The van der Waals surface area contributed by atoms with Crippen LogP contribution < -0.4 is 15.8 Å². The van der Waals surface area contributed by atoms with Gasteiger partial charge >= 0.3 is 0 Å². The Kier molecular flexibility index (Phi) is 7.59. The van der Waals surface area contributed by atoms with Crippen LogP contribution in [0.3, 0.4) is 0 Å². The summed E-state index contributed by atoms with van der Waals surface area (Å²) in [6.07, 6.45) is 3.34. The lowest BCUT2D eigenvalue weighted by atomic mass is 10.3. The average molecular weight is 503 g/mol. The van der Waals surface area contributed by atoms with Gasteiger partial charge < -0.3 is 19.7 Å². The molecular formula is C17H26IN7OS. The first-order valence-corrected chi connectivity index (χ1v) is 9.46. The number of aliphatic imine (C=N–C) groups is 1. The molecule has 2 aromatic rings. The number of thiazole rings is 1. The van der Waals surface area contributed by atoms with Gasteiger partial charge in [0.25, 0.3) is 5.56 Å². The highest BCUT2D eigenvalue weighted by Gasteiger charge is 2.22. The van der Waals surface area contributed by atoms with E-state index < -0.39 is 0 Å². The van der Waals surface area contributed by atoms with Gasteiger partial charge in [-0.05, 0) is 13.8 Å². The number of guanidine groups is 1. The highest BCUT2D eigenvalue weighted by atomic mass is 127. The maximum Gasteiger partial charge on any atom is 0.293 e. The number of nitrogens with one attached hydrogen (secondary N) is 1. The molecule has 0 unspecified atom stereocenters. The van der Waals surface area contributed by atoms with Gasteiger partial charge in [0, 0.05) is 57.5 Å². The van der Waals surface area contributed by atoms with E-state index >= 15 is 0 Å². The second-order valence-electron chi connectivity index (χ2n) is 6.29. The van der Waals surface area contributed by atoms with Gasteiger partial charge in [-0.3, -0.25) is 9.79 Å². The molecule has 8 nitrogen and oxygen atoms in total. The summed E-state index contributed by atoms with van der Waals surface area (Å²) in [5.74, 6) is 1.38. The van der Waals surface area contributed by atoms with Gasteiger partial charge in [0.1, 0.15) is 5.01 Å². The number of aromatic nitrogens is 3. The summed E-state index contributed by atoms with van der Waals surface area (Å²) < 4.78 is 1.56. The number of hydrogen-bond acceptors (Lipinski definition) is 6. The van der Waals surface area contributed by atoms with Crippen LogP contribution in [0, 0.1) is 13.8 Å². The van der Waals surface area contributed by atoms with Crippen molar-refractivity contribution in [1.29, 1.82) is 0 Å². The van der Waals surface area contributed by atoms with Gasteiger partial charge in [-0.15, -0.1) is 35.3 Å². The fourth-order valence-electron chi connectivity index (χ4n) is 2.93. The van der Waals surface area contributed by atoms with Gasteiger partial charge in [-0.2, -0.15) is 0 Å². The first kappa shape index (κ1) is 21.6. The number of hydrogen-bond donors (Lipinski definition) is 1. The van der Waals surface area contributed by atoms with Crippen LogP contribution in [0.2, 0.25) is 0 Å². The van der Waals surface area contributed by atoms with Crippen molar-refractivity contribution in [3.05, 3.63) is 38.3 Å². The molecule has 2 aromatic heterocycles. The minimum Gasteiger partial charge on any atom is -0.350 e. The monoisotopic (exact) mass is 503 g/mol. The van der Waals surface area contributed by atoms with Gasteiger partial charge in [0.15, 0.2) is 11.8 Å². The highest BCUT2D eigenvalue weighted by molar-refractivity contribution is 14.0. The van der Waals surface area contributed by atoms with Crippen LogP contribution in [0.15, 0.2) is 22.2 Å². The summed E-state index contributed by atoms with van der Waals surface area (Å²) in [4.78, 5) is 30.9. The molecule has 27 heavy (non-hydrogen) atoms. The largest absolute Gasteiger partial charge is 0.350 e. The van der Waals surface area contributed by atoms with Crippen LogP contribution in [0.1, 0.15) is 15.6 Å². The molecule has 148 valence electrons. The van der Waals surface area contributed by atoms with E-state index in [4.69, 9.17) is 0 Å². The zero-order valence-electron chi connectivity index (χ0n) is 16.1. The molecule has 1 aliphatic rings. The standard InChI is InChI=1S/C17H25N7OS.HI/c1-12-13(2)26-14(21-12)11-20-17(18-3)24-9-7-23(8-10-24)15-16(25)22(4)6-5-19-15;/h5-6H,7-11H2,1-4H3,(H,18,20);1H. The van der Waals surface area contributed by atoms with Crippen molar-refractivity contribution in [1.82, 2.24) is 24.8 Å². The second kappa shape index (κ2) is 9.49. The summed E-state index contributed by atoms with van der Waals surface area (Å²) >= 11 is 1.71. The van der Waals surface area contributed by atoms with E-state index in [1.807, 2.05) is 11.8 Å². The molecule has 0 bridgehead atoms. The van der Waals surface area contributed by atoms with Crippen LogP contribution in [-0.4, -0.2) is 58.6 Å². The van der Waals surface area contributed by atoms with Gasteiger partial charge in [0.2, 0.25) is 0 Å². The average Bonchev–Trinajstić information content (AvgIpc) is 2.96. The Bertz CT molecular complexity index is 836. The Labute approximate surface area is 180 Å². The van der Waals surface area contributed by atoms with Crippen molar-refractivity contribution in [2.75, 3.05) is 38.1 Å². The van der Waals surface area contributed by atoms with Crippen LogP contribution in [-0.2, 0) is 13.6 Å². The third-order valence-electron chi connectivity index (χ3n) is 4.56. The molecule has 0 amide bonds. The summed E-state index contributed by atoms with van der Waals surface area (Å²) in [5, 5.41) is 4.46. The summed E-state index contributed by atoms with van der Waals surface area (Å²) in [6, 6.07) is 0. The van der Waals surface area contributed by atoms with Crippen LogP contribution >= 0.6 is 35.3 Å². The SMILES string of the molecule is CN=C(NCc1nc(C)c(C)s1)N1CCN(c2nccn(C)c2=O)CC1.I. The van der Waals surface area contributed by atoms with Crippen LogP contribution in [0.5, 0.6) is 0 Å². The maximum atomic E-state index is 12.2. The number of aryl methyl sites for hydroxylation is 3. The Morgan fingerprint density at radius 2 is 2.00 bits per heavy atom. The van der Waals surface area contributed by atoms with E-state index in [2.05, 4.69) is 32.1 Å². The molecule has 1 saturated heterocycles. The lowest BCUT2D eigenvalue weighted by Gasteiger charge is -2.36. The first-order chi connectivity index (χ1) is 12.5. The van der Waals surface area contributed by atoms with Crippen molar-refractivity contribution in [3.63, 3.8) is 0 Å². The smallest absolute Gasteiger partial charge is 0.293 e. The molecule has 10 heteroatoms. The van der Waals surface area contributed by atoms with E-state index in [9.17, 15) is 4.79 Å². The van der Waals surface area contributed by atoms with Gasteiger partial charge in [0.05, 0.1) is 12.2 Å². The second-order valence-corrected chi connectivity index (χ2v) is 7.58. The Morgan fingerprint density at radius 1 is 1.30 bits per heavy atom. The van der Waals surface area contributed by atoms with Gasteiger partial charge in [-0.25, -0.2) is 9.97 Å². The van der Waals surface area contributed by atoms with E-state index in [-0.39, 0.29) is 29.5 Å². The van der Waals surface area contributed by atoms with Crippen molar-refractivity contribution in [2.24, 2.45) is 12.0 Å². The number of nitrogens with zero attached hydrogens (tertiary/aromatic N) is 6. The summed E-state index contributed by atoms with van der Waals surface area (Å²) in [6.45, 7) is 7.85. The Balaban J connectivity index is 0.00000261. The number of halogens is 1. The summed E-state index contributed by atoms with van der Waals surface area (Å²) in [5.41, 5.74) is 1.03. The van der Waals surface area contributed by atoms with Crippen molar-refractivity contribution >= 4 is 47.1 Å². The molecule has 3 rings (SSSR count). The fraction of sp³-hybridized carbons (Fsp3) is 0.529. The molecule has 0 spiro atoms. The molecule has 0 aromatic carbocycles. The highest BCUT2D eigenvalue weighted by Crippen LogP contribution is 2.16. The Hall–Kier alpha value is -1.69. The molecule has 0 atom stereocenters. The lowest BCUT2D eigenvalue weighted by Crippen LogP contribution is -2.53. The van der Waals surface area contributed by atoms with E-state index in [1.54, 1.807) is 42.4 Å². The fourth-order valence-corrected chi connectivity index (χ4v) is 3.81. The number of rotatable bonds is 3. The molecule has 0 aliphatic carbocycles. The summed E-state index contributed by atoms with van der Waals surface area (Å²) in [7, 11) is 3.54. The minimum absolute atomic E-state index is 0. The van der Waals surface area contributed by atoms with Crippen molar-refractivity contribution in [3.8, 4) is 0 Å². The molecule has 3 heterocycles. The third kappa shape index (κ3) is 4.98. The molecule has 0 radical (unpaired) electrons. The quantitative estimate of drug-likeness (QED) is 0.388. The zero-order chi connectivity index (χ0) is 18.7. The molecular weight excluding hydrogens is 477 g/mol. The number of piperazine rings is 1. The maximum absolute atomic E-state index is 12.2. The van der Waals surface area contributed by atoms with Crippen LogP contribution in [0.4, 0.5) is 5.82 Å². The predicted octanol–water partition coefficient (Wildman–Crippen LogP) is 1.37. The topological polar surface area (TPSA) is 78.7 Å². The van der Waals surface area contributed by atoms with Crippen molar-refractivity contribution in [2.45, 2.75) is 20.4 Å². The van der Waals surface area contributed by atoms with Gasteiger partial charge in [-0.1, -0.05) is 0 Å². The van der Waals surface area contributed by atoms with E-state index in [0.717, 1.165) is 42.8 Å². The first-order valence-electron chi connectivity index (χ1n) is 8.64. The molecule has 1 fully saturated rings. The van der Waals surface area contributed by atoms with Crippen molar-refractivity contribution < 1.29 is 0 Å².